The lowest BCUT2D eigenvalue weighted by molar-refractivity contribution is -0.158. The molecule has 134 valence electrons. The van der Waals surface area contributed by atoms with Gasteiger partial charge in [0.15, 0.2) is 6.10 Å². The molecule has 1 aromatic rings. The Balaban J connectivity index is 1.62. The first kappa shape index (κ1) is 17.5. The normalized spacial score (nSPS) is 21.2. The molecular weight excluding hydrogens is 320 g/mol. The Morgan fingerprint density at radius 1 is 1.28 bits per heavy atom. The molecule has 1 saturated heterocycles. The Hall–Kier alpha value is -2.37. The summed E-state index contributed by atoms with van der Waals surface area (Å²) in [6.45, 7) is 5.81. The van der Waals surface area contributed by atoms with Crippen molar-refractivity contribution in [2.24, 2.45) is 5.92 Å². The summed E-state index contributed by atoms with van der Waals surface area (Å²) in [5.41, 5.74) is 2.96. The lowest BCUT2D eigenvalue weighted by atomic mass is 10.1. The van der Waals surface area contributed by atoms with Crippen molar-refractivity contribution >= 4 is 23.5 Å². The summed E-state index contributed by atoms with van der Waals surface area (Å²) in [7, 11) is 0. The summed E-state index contributed by atoms with van der Waals surface area (Å²) in [4.78, 5) is 38.3. The lowest BCUT2D eigenvalue weighted by Crippen LogP contribution is -2.38. The number of rotatable bonds is 5. The number of aryl methyl sites for hydroxylation is 1. The molecule has 2 amide bonds. The number of ether oxygens (including phenoxy) is 1. The first-order valence-corrected chi connectivity index (χ1v) is 8.74. The molecule has 2 fully saturated rings. The molecule has 1 aliphatic carbocycles. The zero-order valence-corrected chi connectivity index (χ0v) is 14.9. The minimum atomic E-state index is -0.835. The van der Waals surface area contributed by atoms with Crippen molar-refractivity contribution in [3.05, 3.63) is 29.3 Å². The average molecular weight is 344 g/mol. The van der Waals surface area contributed by atoms with E-state index in [1.165, 1.54) is 0 Å². The van der Waals surface area contributed by atoms with E-state index in [4.69, 9.17) is 4.74 Å². The Morgan fingerprint density at radius 2 is 2.00 bits per heavy atom. The predicted octanol–water partition coefficient (Wildman–Crippen LogP) is 1.87. The van der Waals surface area contributed by atoms with Crippen LogP contribution in [-0.4, -0.2) is 36.5 Å². The van der Waals surface area contributed by atoms with Gasteiger partial charge in [-0.2, -0.15) is 0 Å². The highest BCUT2D eigenvalue weighted by atomic mass is 16.5. The number of amides is 2. The number of hydrogen-bond donors (Lipinski definition) is 1. The van der Waals surface area contributed by atoms with E-state index in [1.807, 2.05) is 32.0 Å². The van der Waals surface area contributed by atoms with E-state index in [0.29, 0.717) is 6.54 Å². The Bertz CT molecular complexity index is 711. The van der Waals surface area contributed by atoms with Gasteiger partial charge >= 0.3 is 5.97 Å². The van der Waals surface area contributed by atoms with E-state index in [-0.39, 0.29) is 24.3 Å². The van der Waals surface area contributed by atoms with E-state index in [9.17, 15) is 14.4 Å². The van der Waals surface area contributed by atoms with Crippen LogP contribution in [-0.2, 0) is 19.1 Å². The van der Waals surface area contributed by atoms with E-state index in [2.05, 4.69) is 5.32 Å². The van der Waals surface area contributed by atoms with Gasteiger partial charge in [0.1, 0.15) is 0 Å². The van der Waals surface area contributed by atoms with Crippen molar-refractivity contribution in [3.8, 4) is 0 Å². The van der Waals surface area contributed by atoms with Crippen molar-refractivity contribution in [2.45, 2.75) is 52.2 Å². The zero-order chi connectivity index (χ0) is 18.1. The van der Waals surface area contributed by atoms with Gasteiger partial charge in [-0.25, -0.2) is 0 Å². The van der Waals surface area contributed by atoms with Gasteiger partial charge in [-0.15, -0.1) is 0 Å². The van der Waals surface area contributed by atoms with E-state index >= 15 is 0 Å². The van der Waals surface area contributed by atoms with Gasteiger partial charge in [0.25, 0.3) is 5.91 Å². The standard InChI is InChI=1S/C19H24N2O4/c1-11-5-4-6-16(12(11)2)21-10-14(9-17(21)22)19(24)25-13(3)18(23)20-15-7-8-15/h4-6,13-15H,7-10H2,1-3H3,(H,20,23)/t13-,14-/m0/s1. The molecule has 25 heavy (non-hydrogen) atoms. The highest BCUT2D eigenvalue weighted by Crippen LogP contribution is 2.30. The average Bonchev–Trinajstić information content (AvgIpc) is 3.29. The summed E-state index contributed by atoms with van der Waals surface area (Å²) in [5, 5.41) is 2.81. The summed E-state index contributed by atoms with van der Waals surface area (Å²) in [6.07, 6.45) is 1.24. The number of benzene rings is 1. The van der Waals surface area contributed by atoms with Gasteiger partial charge in [0.05, 0.1) is 5.92 Å². The predicted molar refractivity (Wildman–Crippen MR) is 93.1 cm³/mol. The lowest BCUT2D eigenvalue weighted by Gasteiger charge is -2.20. The Labute approximate surface area is 147 Å². The summed E-state index contributed by atoms with van der Waals surface area (Å²) < 4.78 is 5.28. The maximum Gasteiger partial charge on any atom is 0.312 e. The van der Waals surface area contributed by atoms with Crippen molar-refractivity contribution in [2.75, 3.05) is 11.4 Å². The number of hydrogen-bond acceptors (Lipinski definition) is 4. The van der Waals surface area contributed by atoms with E-state index in [1.54, 1.807) is 11.8 Å². The fraction of sp³-hybridized carbons (Fsp3) is 0.526. The number of carbonyl (C=O) groups is 3. The fourth-order valence-corrected chi connectivity index (χ4v) is 3.00. The SMILES string of the molecule is Cc1cccc(N2C[C@@H](C(=O)O[C@@H](C)C(=O)NC3CC3)CC2=O)c1C. The zero-order valence-electron chi connectivity index (χ0n) is 14.9. The van der Waals surface area contributed by atoms with Crippen molar-refractivity contribution in [3.63, 3.8) is 0 Å². The molecule has 6 heteroatoms. The molecule has 0 aromatic heterocycles. The number of carbonyl (C=O) groups excluding carboxylic acids is 3. The topological polar surface area (TPSA) is 75.7 Å². The minimum Gasteiger partial charge on any atom is -0.452 e. The van der Waals surface area contributed by atoms with Crippen LogP contribution in [0, 0.1) is 19.8 Å². The van der Waals surface area contributed by atoms with Crippen molar-refractivity contribution < 1.29 is 19.1 Å². The van der Waals surface area contributed by atoms with Crippen molar-refractivity contribution in [1.82, 2.24) is 5.32 Å². The summed E-state index contributed by atoms with van der Waals surface area (Å²) in [5.74, 6) is -1.39. The second kappa shape index (κ2) is 6.86. The second-order valence-corrected chi connectivity index (χ2v) is 6.99. The molecule has 0 spiro atoms. The van der Waals surface area contributed by atoms with Gasteiger partial charge in [0, 0.05) is 24.7 Å². The van der Waals surface area contributed by atoms with Crippen LogP contribution in [0.2, 0.25) is 0 Å². The molecule has 1 saturated carbocycles. The van der Waals surface area contributed by atoms with Crippen LogP contribution in [0.4, 0.5) is 5.69 Å². The number of esters is 1. The first-order chi connectivity index (χ1) is 11.9. The third kappa shape index (κ3) is 3.83. The van der Waals surface area contributed by atoms with Crippen LogP contribution >= 0.6 is 0 Å². The first-order valence-electron chi connectivity index (χ1n) is 8.74. The molecule has 0 unspecified atom stereocenters. The maximum absolute atomic E-state index is 12.4. The van der Waals surface area contributed by atoms with Crippen LogP contribution in [0.5, 0.6) is 0 Å². The highest BCUT2D eigenvalue weighted by Gasteiger charge is 2.38. The number of nitrogens with one attached hydrogen (secondary N) is 1. The number of anilines is 1. The van der Waals surface area contributed by atoms with Crippen LogP contribution < -0.4 is 10.2 Å². The Morgan fingerprint density at radius 3 is 2.68 bits per heavy atom. The molecule has 0 radical (unpaired) electrons. The summed E-state index contributed by atoms with van der Waals surface area (Å²) >= 11 is 0. The highest BCUT2D eigenvalue weighted by molar-refractivity contribution is 6.00. The fourth-order valence-electron chi connectivity index (χ4n) is 3.00. The molecule has 0 bridgehead atoms. The van der Waals surface area contributed by atoms with Crippen LogP contribution in [0.25, 0.3) is 0 Å². The smallest absolute Gasteiger partial charge is 0.312 e. The number of nitrogens with zero attached hydrogens (tertiary/aromatic N) is 1. The molecule has 1 heterocycles. The van der Waals surface area contributed by atoms with Gasteiger partial charge < -0.3 is 15.0 Å². The van der Waals surface area contributed by atoms with Gasteiger partial charge in [-0.1, -0.05) is 12.1 Å². The van der Waals surface area contributed by atoms with Crippen LogP contribution in [0.1, 0.15) is 37.3 Å². The Kier molecular flexibility index (Phi) is 4.79. The molecule has 3 rings (SSSR count). The largest absolute Gasteiger partial charge is 0.452 e. The molecule has 2 aliphatic rings. The van der Waals surface area contributed by atoms with Gasteiger partial charge in [0.2, 0.25) is 5.91 Å². The van der Waals surface area contributed by atoms with Crippen LogP contribution in [0.3, 0.4) is 0 Å². The maximum atomic E-state index is 12.4. The molecule has 2 atom stereocenters. The summed E-state index contributed by atoms with van der Waals surface area (Å²) in [6, 6.07) is 6.01. The monoisotopic (exact) mass is 344 g/mol. The van der Waals surface area contributed by atoms with Gasteiger partial charge in [-0.05, 0) is 50.8 Å². The van der Waals surface area contributed by atoms with E-state index < -0.39 is 18.0 Å². The minimum absolute atomic E-state index is 0.0919. The van der Waals surface area contributed by atoms with E-state index in [0.717, 1.165) is 29.7 Å². The van der Waals surface area contributed by atoms with Crippen LogP contribution in [0.15, 0.2) is 18.2 Å². The van der Waals surface area contributed by atoms with Gasteiger partial charge in [-0.3, -0.25) is 14.4 Å². The molecule has 6 nitrogen and oxygen atoms in total. The third-order valence-electron chi connectivity index (χ3n) is 4.91. The van der Waals surface area contributed by atoms with Crippen molar-refractivity contribution in [1.29, 1.82) is 0 Å². The molecule has 1 aromatic carbocycles. The molecular formula is C19H24N2O4. The third-order valence-corrected chi connectivity index (χ3v) is 4.91. The quantitative estimate of drug-likeness (QED) is 0.828. The molecule has 1 N–H and O–H groups in total. The second-order valence-electron chi connectivity index (χ2n) is 6.99. The molecule has 1 aliphatic heterocycles.